The molecule has 4 atom stereocenters. The second-order valence-corrected chi connectivity index (χ2v) is 10.6. The van der Waals surface area contributed by atoms with Gasteiger partial charge in [0.15, 0.2) is 22.6 Å². The monoisotopic (exact) mass is 561 g/mol. The minimum Gasteiger partial charge on any atom is -0.446 e. The summed E-state index contributed by atoms with van der Waals surface area (Å²) in [6.45, 7) is 3.60. The number of imidazole rings is 1. The molecule has 1 saturated heterocycles. The van der Waals surface area contributed by atoms with Crippen LogP contribution in [0.1, 0.15) is 110 Å². The average molecular weight is 562 g/mol. The van der Waals surface area contributed by atoms with Crippen molar-refractivity contribution in [2.75, 3.05) is 11.9 Å². The topological polar surface area (TPSA) is 132 Å². The summed E-state index contributed by atoms with van der Waals surface area (Å²) in [5.41, 5.74) is -1.42. The predicted molar refractivity (Wildman–Crippen MR) is 150 cm³/mol. The van der Waals surface area contributed by atoms with E-state index >= 15 is 0 Å². The first-order valence-corrected chi connectivity index (χ1v) is 14.7. The fraction of sp³-hybridized carbons (Fsp3) is 0.724. The molecule has 0 saturated carbocycles. The van der Waals surface area contributed by atoms with E-state index in [0.717, 1.165) is 19.3 Å². The van der Waals surface area contributed by atoms with E-state index in [2.05, 4.69) is 33.1 Å². The first kappa shape index (κ1) is 31.7. The Morgan fingerprint density at radius 1 is 1.20 bits per heavy atom. The van der Waals surface area contributed by atoms with Crippen molar-refractivity contribution in [2.24, 2.45) is 0 Å². The summed E-state index contributed by atoms with van der Waals surface area (Å²) in [5.74, 6) is 2.15. The number of halogens is 1. The maximum absolute atomic E-state index is 14.4. The molecule has 0 radical (unpaired) electrons. The number of hydrogen-bond acceptors (Lipinski definition) is 8. The molecule has 2 aromatic heterocycles. The highest BCUT2D eigenvalue weighted by Crippen LogP contribution is 2.38. The fourth-order valence-electron chi connectivity index (χ4n) is 5.09. The maximum atomic E-state index is 14.4. The van der Waals surface area contributed by atoms with Crippen LogP contribution in [0.4, 0.5) is 15.0 Å². The van der Waals surface area contributed by atoms with E-state index in [1.54, 1.807) is 0 Å². The number of anilines is 1. The van der Waals surface area contributed by atoms with Crippen LogP contribution in [-0.2, 0) is 9.47 Å². The Bertz CT molecular complexity index is 1120. The van der Waals surface area contributed by atoms with Crippen molar-refractivity contribution in [3.63, 3.8) is 0 Å². The third-order valence-electron chi connectivity index (χ3n) is 7.57. The molecule has 1 aliphatic rings. The molecule has 3 rings (SSSR count). The molecule has 0 spiro atoms. The van der Waals surface area contributed by atoms with Gasteiger partial charge in [-0.15, -0.1) is 6.42 Å². The van der Waals surface area contributed by atoms with Gasteiger partial charge in [-0.1, -0.05) is 84.0 Å². The molecule has 3 N–H and O–H groups in total. The van der Waals surface area contributed by atoms with Crippen LogP contribution in [0.5, 0.6) is 0 Å². The minimum absolute atomic E-state index is 0.0316. The lowest BCUT2D eigenvalue weighted by atomic mass is 9.99. The third-order valence-corrected chi connectivity index (χ3v) is 7.57. The van der Waals surface area contributed by atoms with Crippen molar-refractivity contribution in [1.29, 1.82) is 0 Å². The Hall–Kier alpha value is -2.81. The predicted octanol–water partition coefficient (Wildman–Crippen LogP) is 5.64. The fourth-order valence-corrected chi connectivity index (χ4v) is 5.09. The molecule has 222 valence electrons. The molecule has 3 heterocycles. The van der Waals surface area contributed by atoms with Gasteiger partial charge in [-0.3, -0.25) is 9.88 Å². The van der Waals surface area contributed by atoms with E-state index in [-0.39, 0.29) is 29.5 Å². The van der Waals surface area contributed by atoms with Crippen molar-refractivity contribution < 1.29 is 28.9 Å². The lowest BCUT2D eigenvalue weighted by molar-refractivity contribution is -0.0891. The summed E-state index contributed by atoms with van der Waals surface area (Å²) in [4.78, 5) is 24.4. The highest BCUT2D eigenvalue weighted by molar-refractivity contribution is 5.93. The van der Waals surface area contributed by atoms with Gasteiger partial charge in [-0.05, 0) is 19.3 Å². The minimum atomic E-state index is -1.58. The number of aliphatic hydroxyl groups is 2. The van der Waals surface area contributed by atoms with E-state index in [4.69, 9.17) is 15.9 Å². The van der Waals surface area contributed by atoms with Crippen LogP contribution in [0.3, 0.4) is 0 Å². The number of nitrogens with zero attached hydrogens (tertiary/aromatic N) is 4. The summed E-state index contributed by atoms with van der Waals surface area (Å²) in [5, 5.41) is 22.5. The van der Waals surface area contributed by atoms with E-state index in [1.807, 2.05) is 6.92 Å². The number of hydrogen-bond donors (Lipinski definition) is 3. The van der Waals surface area contributed by atoms with Crippen molar-refractivity contribution in [3.05, 3.63) is 12.4 Å². The standard InChI is InChI=1S/C29H44FN5O5/c1-4-7-8-9-10-11-12-13-14-15-16-17-21(5-2)39-28(38)33-25-24-26(34-27(30)32-25)35(20-31-24)23-18-22(37)29(6-3,19-36)40-23/h3,20-23,36-37H,4-5,7-19H2,1-2H3,(H,32,33,34,38)/t21?,22-,23+,29+/m0/s1. The van der Waals surface area contributed by atoms with Crippen molar-refractivity contribution in [1.82, 2.24) is 19.5 Å². The Balaban J connectivity index is 1.49. The van der Waals surface area contributed by atoms with Gasteiger partial charge >= 0.3 is 12.2 Å². The van der Waals surface area contributed by atoms with Crippen molar-refractivity contribution in [2.45, 2.75) is 128 Å². The van der Waals surface area contributed by atoms with Gasteiger partial charge < -0.3 is 19.7 Å². The zero-order valence-electron chi connectivity index (χ0n) is 23.8. The van der Waals surface area contributed by atoms with Crippen LogP contribution < -0.4 is 5.32 Å². The highest BCUT2D eigenvalue weighted by atomic mass is 19.1. The van der Waals surface area contributed by atoms with Crippen molar-refractivity contribution in [3.8, 4) is 12.3 Å². The van der Waals surface area contributed by atoms with Gasteiger partial charge in [0.25, 0.3) is 0 Å². The second kappa shape index (κ2) is 15.8. The Morgan fingerprint density at radius 2 is 1.85 bits per heavy atom. The van der Waals surface area contributed by atoms with Gasteiger partial charge in [0.05, 0.1) is 12.9 Å². The SMILES string of the molecule is C#C[C@]1(CO)O[C@@H](n2cnc3c(NC(=O)OC(CC)CCCCCCCCCCCCC)nc(F)nc32)C[C@@H]1O. The Kier molecular flexibility index (Phi) is 12.6. The number of aliphatic hydroxyl groups excluding tert-OH is 2. The summed E-state index contributed by atoms with van der Waals surface area (Å²) in [7, 11) is 0. The van der Waals surface area contributed by atoms with E-state index < -0.39 is 36.7 Å². The number of ether oxygens (including phenoxy) is 2. The largest absolute Gasteiger partial charge is 0.446 e. The maximum Gasteiger partial charge on any atom is 0.413 e. The molecule has 2 aromatic rings. The van der Waals surface area contributed by atoms with E-state index in [9.17, 15) is 19.4 Å². The molecule has 0 aliphatic carbocycles. The molecule has 1 aliphatic heterocycles. The van der Waals surface area contributed by atoms with Crippen LogP contribution in [0.25, 0.3) is 11.2 Å². The second-order valence-electron chi connectivity index (χ2n) is 10.6. The molecule has 10 nitrogen and oxygen atoms in total. The summed E-state index contributed by atoms with van der Waals surface area (Å²) < 4.78 is 27.0. The number of amides is 1. The molecule has 40 heavy (non-hydrogen) atoms. The summed E-state index contributed by atoms with van der Waals surface area (Å²) >= 11 is 0. The van der Waals surface area contributed by atoms with Gasteiger partial charge in [-0.2, -0.15) is 14.4 Å². The van der Waals surface area contributed by atoms with Crippen molar-refractivity contribution >= 4 is 23.1 Å². The first-order chi connectivity index (χ1) is 19.4. The quantitative estimate of drug-likeness (QED) is 0.128. The van der Waals surface area contributed by atoms with Gasteiger partial charge in [-0.25, -0.2) is 9.78 Å². The summed E-state index contributed by atoms with van der Waals surface area (Å²) in [6.07, 6.45) is 17.9. The van der Waals surface area contributed by atoms with Gasteiger partial charge in [0.1, 0.15) is 18.4 Å². The molecule has 11 heteroatoms. The van der Waals surface area contributed by atoms with Gasteiger partial charge in [0.2, 0.25) is 0 Å². The first-order valence-electron chi connectivity index (χ1n) is 14.7. The number of terminal acetylenes is 1. The lowest BCUT2D eigenvalue weighted by Gasteiger charge is -2.23. The van der Waals surface area contributed by atoms with E-state index in [0.29, 0.717) is 6.42 Å². The zero-order valence-corrected chi connectivity index (χ0v) is 23.8. The van der Waals surface area contributed by atoms with Crippen LogP contribution in [0.2, 0.25) is 0 Å². The van der Waals surface area contributed by atoms with Crippen LogP contribution >= 0.6 is 0 Å². The molecule has 1 amide bonds. The Morgan fingerprint density at radius 3 is 2.42 bits per heavy atom. The number of unbranched alkanes of at least 4 members (excludes halogenated alkanes) is 10. The van der Waals surface area contributed by atoms with Gasteiger partial charge in [0, 0.05) is 6.42 Å². The third kappa shape index (κ3) is 8.35. The normalized spacial score (nSPS) is 21.4. The molecule has 0 bridgehead atoms. The number of nitrogens with one attached hydrogen (secondary N) is 1. The van der Waals surface area contributed by atoms with Crippen LogP contribution in [0, 0.1) is 18.4 Å². The molecular formula is C29H44FN5O5. The molecule has 1 fully saturated rings. The number of fused-ring (bicyclic) bond motifs is 1. The number of carbonyl (C=O) groups is 1. The smallest absolute Gasteiger partial charge is 0.413 e. The Labute approximate surface area is 236 Å². The van der Waals surface area contributed by atoms with Crippen LogP contribution in [0.15, 0.2) is 6.33 Å². The lowest BCUT2D eigenvalue weighted by Crippen LogP contribution is -2.41. The number of rotatable bonds is 17. The average Bonchev–Trinajstić information content (AvgIpc) is 3.51. The number of carbonyl (C=O) groups excluding carboxylic acids is 1. The van der Waals surface area contributed by atoms with E-state index in [1.165, 1.54) is 68.7 Å². The molecule has 0 aromatic carbocycles. The molecule has 1 unspecified atom stereocenters. The zero-order chi connectivity index (χ0) is 29.0. The van der Waals surface area contributed by atoms with Crippen LogP contribution in [-0.4, -0.2) is 60.2 Å². The summed E-state index contributed by atoms with van der Waals surface area (Å²) in [6, 6.07) is 0. The highest BCUT2D eigenvalue weighted by Gasteiger charge is 2.47. The molecular weight excluding hydrogens is 517 g/mol. The number of aromatic nitrogens is 4.